The number of nitrogens with one attached hydrogen (secondary N) is 1. The smallest absolute Gasteiger partial charge is 0.232 e. The molecule has 0 aromatic heterocycles. The molecule has 6 heteroatoms. The van der Waals surface area contributed by atoms with E-state index in [-0.39, 0.29) is 24.9 Å². The lowest BCUT2D eigenvalue weighted by atomic mass is 9.95. The van der Waals surface area contributed by atoms with Crippen molar-refractivity contribution >= 4 is 21.6 Å². The number of sulfonamides is 1. The number of rotatable bonds is 7. The van der Waals surface area contributed by atoms with Gasteiger partial charge in [-0.25, -0.2) is 8.42 Å². The second-order valence-electron chi connectivity index (χ2n) is 7.23. The van der Waals surface area contributed by atoms with Crippen LogP contribution in [0.3, 0.4) is 0 Å². The minimum atomic E-state index is -3.43. The number of hydrogen-bond acceptors (Lipinski definition) is 3. The molecule has 25 heavy (non-hydrogen) atoms. The summed E-state index contributed by atoms with van der Waals surface area (Å²) in [5.41, 5.74) is 1.77. The largest absolute Gasteiger partial charge is 0.353 e. The van der Waals surface area contributed by atoms with Crippen LogP contribution < -0.4 is 9.62 Å². The molecule has 1 amide bonds. The maximum absolute atomic E-state index is 12.2. The lowest BCUT2D eigenvalue weighted by molar-refractivity contribution is -0.121. The Labute approximate surface area is 151 Å². The second-order valence-corrected chi connectivity index (χ2v) is 9.14. The number of benzene rings is 1. The van der Waals surface area contributed by atoms with Crippen molar-refractivity contribution in [3.8, 4) is 0 Å². The van der Waals surface area contributed by atoms with E-state index in [9.17, 15) is 13.2 Å². The summed E-state index contributed by atoms with van der Waals surface area (Å²) in [6.07, 6.45) is 6.96. The molecule has 140 valence electrons. The highest BCUT2D eigenvalue weighted by Crippen LogP contribution is 2.22. The van der Waals surface area contributed by atoms with E-state index >= 15 is 0 Å². The highest BCUT2D eigenvalue weighted by molar-refractivity contribution is 7.92. The monoisotopic (exact) mass is 366 g/mol. The molecule has 1 aliphatic carbocycles. The van der Waals surface area contributed by atoms with Crippen LogP contribution in [0.2, 0.25) is 0 Å². The molecule has 0 heterocycles. The van der Waals surface area contributed by atoms with Crippen LogP contribution in [0.5, 0.6) is 0 Å². The Balaban J connectivity index is 1.99. The van der Waals surface area contributed by atoms with Gasteiger partial charge < -0.3 is 5.32 Å². The Hall–Kier alpha value is -1.56. The van der Waals surface area contributed by atoms with Crippen LogP contribution in [-0.2, 0) is 14.8 Å². The molecule has 0 atom stereocenters. The van der Waals surface area contributed by atoms with Crippen LogP contribution in [0.25, 0.3) is 0 Å². The van der Waals surface area contributed by atoms with Crippen LogP contribution in [-0.4, -0.2) is 33.2 Å². The molecule has 0 aliphatic heterocycles. The van der Waals surface area contributed by atoms with E-state index in [4.69, 9.17) is 0 Å². The normalized spacial score (nSPS) is 16.0. The van der Waals surface area contributed by atoms with E-state index in [1.54, 1.807) is 0 Å². The van der Waals surface area contributed by atoms with Gasteiger partial charge in [-0.2, -0.15) is 0 Å². The first-order valence-corrected chi connectivity index (χ1v) is 11.0. The summed E-state index contributed by atoms with van der Waals surface area (Å²) in [4.78, 5) is 12.2. The van der Waals surface area contributed by atoms with Crippen LogP contribution >= 0.6 is 0 Å². The van der Waals surface area contributed by atoms with Crippen molar-refractivity contribution in [3.63, 3.8) is 0 Å². The van der Waals surface area contributed by atoms with Crippen molar-refractivity contribution in [2.75, 3.05) is 17.1 Å². The quantitative estimate of drug-likeness (QED) is 0.804. The number of anilines is 1. The van der Waals surface area contributed by atoms with Gasteiger partial charge in [-0.05, 0) is 36.5 Å². The van der Waals surface area contributed by atoms with Crippen molar-refractivity contribution in [2.45, 2.75) is 64.3 Å². The van der Waals surface area contributed by atoms with Gasteiger partial charge in [0.1, 0.15) is 0 Å². The van der Waals surface area contributed by atoms with Crippen LogP contribution in [0, 0.1) is 0 Å². The molecule has 0 saturated heterocycles. The third-order valence-electron chi connectivity index (χ3n) is 4.76. The molecular formula is C19H30N2O3S. The van der Waals surface area contributed by atoms with E-state index in [1.807, 2.05) is 24.3 Å². The summed E-state index contributed by atoms with van der Waals surface area (Å²) in [5, 5.41) is 3.04. The molecule has 1 fully saturated rings. The van der Waals surface area contributed by atoms with Crippen LogP contribution in [0.15, 0.2) is 24.3 Å². The summed E-state index contributed by atoms with van der Waals surface area (Å²) in [7, 11) is -3.43. The van der Waals surface area contributed by atoms with E-state index in [0.29, 0.717) is 11.6 Å². The summed E-state index contributed by atoms with van der Waals surface area (Å²) in [6, 6.07) is 7.77. The van der Waals surface area contributed by atoms with Gasteiger partial charge in [-0.15, -0.1) is 0 Å². The molecule has 5 nitrogen and oxygen atoms in total. The van der Waals surface area contributed by atoms with Crippen molar-refractivity contribution < 1.29 is 13.2 Å². The molecule has 0 radical (unpaired) electrons. The predicted octanol–water partition coefficient (Wildman–Crippen LogP) is 3.42. The number of hydrogen-bond donors (Lipinski definition) is 1. The van der Waals surface area contributed by atoms with Gasteiger partial charge in [0, 0.05) is 19.0 Å². The highest BCUT2D eigenvalue weighted by Gasteiger charge is 2.20. The molecule has 0 spiro atoms. The molecule has 1 N–H and O–H groups in total. The zero-order chi connectivity index (χ0) is 18.4. The van der Waals surface area contributed by atoms with Crippen molar-refractivity contribution in [3.05, 3.63) is 29.8 Å². The minimum Gasteiger partial charge on any atom is -0.353 e. The average Bonchev–Trinajstić information content (AvgIpc) is 2.55. The fourth-order valence-corrected chi connectivity index (χ4v) is 4.19. The van der Waals surface area contributed by atoms with Crippen LogP contribution in [0.4, 0.5) is 5.69 Å². The van der Waals surface area contributed by atoms with Gasteiger partial charge in [0.25, 0.3) is 0 Å². The maximum atomic E-state index is 12.2. The van der Waals surface area contributed by atoms with Gasteiger partial charge in [0.2, 0.25) is 15.9 Å². The first kappa shape index (κ1) is 19.8. The van der Waals surface area contributed by atoms with Gasteiger partial charge in [-0.1, -0.05) is 45.2 Å². The van der Waals surface area contributed by atoms with E-state index in [2.05, 4.69) is 19.2 Å². The Morgan fingerprint density at radius 2 is 1.76 bits per heavy atom. The topological polar surface area (TPSA) is 66.5 Å². The van der Waals surface area contributed by atoms with Crippen molar-refractivity contribution in [1.82, 2.24) is 5.32 Å². The summed E-state index contributed by atoms with van der Waals surface area (Å²) < 4.78 is 25.6. The number of carbonyl (C=O) groups is 1. The lowest BCUT2D eigenvalue weighted by Crippen LogP contribution is -2.39. The van der Waals surface area contributed by atoms with Crippen LogP contribution in [0.1, 0.15) is 63.9 Å². The SMILES string of the molecule is CC(C)c1ccc(N(CCC(=O)NC2CCCCC2)S(C)(=O)=O)cc1. The minimum absolute atomic E-state index is 0.0700. The van der Waals surface area contributed by atoms with Gasteiger partial charge >= 0.3 is 0 Å². The molecule has 1 aromatic rings. The Morgan fingerprint density at radius 3 is 2.28 bits per heavy atom. The second kappa shape index (κ2) is 8.70. The third kappa shape index (κ3) is 6.03. The molecule has 0 bridgehead atoms. The number of nitrogens with zero attached hydrogens (tertiary/aromatic N) is 1. The Bertz CT molecular complexity index is 662. The fraction of sp³-hybridized carbons (Fsp3) is 0.632. The molecule has 2 rings (SSSR count). The molecule has 1 aromatic carbocycles. The summed E-state index contributed by atoms with van der Waals surface area (Å²) >= 11 is 0. The maximum Gasteiger partial charge on any atom is 0.232 e. The number of carbonyl (C=O) groups excluding carboxylic acids is 1. The lowest BCUT2D eigenvalue weighted by Gasteiger charge is -2.25. The fourth-order valence-electron chi connectivity index (χ4n) is 3.26. The molecule has 0 unspecified atom stereocenters. The van der Waals surface area contributed by atoms with Crippen molar-refractivity contribution in [2.24, 2.45) is 0 Å². The predicted molar refractivity (Wildman–Crippen MR) is 102 cm³/mol. The van der Waals surface area contributed by atoms with Gasteiger partial charge in [0.05, 0.1) is 11.9 Å². The zero-order valence-electron chi connectivity index (χ0n) is 15.5. The third-order valence-corrected chi connectivity index (χ3v) is 5.95. The van der Waals surface area contributed by atoms with E-state index in [1.165, 1.54) is 17.0 Å². The summed E-state index contributed by atoms with van der Waals surface area (Å²) in [6.45, 7) is 4.36. The first-order chi connectivity index (χ1) is 11.8. The van der Waals surface area contributed by atoms with E-state index in [0.717, 1.165) is 31.2 Å². The zero-order valence-corrected chi connectivity index (χ0v) is 16.3. The molecule has 1 aliphatic rings. The molecular weight excluding hydrogens is 336 g/mol. The Kier molecular flexibility index (Phi) is 6.87. The molecule has 1 saturated carbocycles. The van der Waals surface area contributed by atoms with Gasteiger partial charge in [-0.3, -0.25) is 9.10 Å². The van der Waals surface area contributed by atoms with E-state index < -0.39 is 10.0 Å². The highest BCUT2D eigenvalue weighted by atomic mass is 32.2. The average molecular weight is 367 g/mol. The Morgan fingerprint density at radius 1 is 1.16 bits per heavy atom. The van der Waals surface area contributed by atoms with Gasteiger partial charge in [0.15, 0.2) is 0 Å². The first-order valence-electron chi connectivity index (χ1n) is 9.14. The van der Waals surface area contributed by atoms with Crippen molar-refractivity contribution in [1.29, 1.82) is 0 Å². The summed E-state index contributed by atoms with van der Waals surface area (Å²) in [5.74, 6) is 0.321. The number of amides is 1. The standard InChI is InChI=1S/C19H30N2O3S/c1-15(2)16-9-11-18(12-10-16)21(25(3,23)24)14-13-19(22)20-17-7-5-4-6-8-17/h9-12,15,17H,4-8,13-14H2,1-3H3,(H,20,22).